The first-order chi connectivity index (χ1) is 7.28. The van der Waals surface area contributed by atoms with Gasteiger partial charge in [0.1, 0.15) is 0 Å². The fourth-order valence-electron chi connectivity index (χ4n) is 3.30. The molecule has 1 saturated carbocycles. The summed E-state index contributed by atoms with van der Waals surface area (Å²) in [7, 11) is 0. The third kappa shape index (κ3) is 3.45. The molecular formula is C13H24BrN. The van der Waals surface area contributed by atoms with Crippen LogP contribution >= 0.6 is 15.9 Å². The summed E-state index contributed by atoms with van der Waals surface area (Å²) in [5.41, 5.74) is 0. The Hall–Kier alpha value is 0.440. The second-order valence-corrected chi connectivity index (χ2v) is 6.35. The Morgan fingerprint density at radius 3 is 2.73 bits per heavy atom. The minimum Gasteiger partial charge on any atom is -0.303 e. The van der Waals surface area contributed by atoms with Crippen LogP contribution in [-0.4, -0.2) is 29.9 Å². The molecule has 1 saturated heterocycles. The molecule has 1 aliphatic carbocycles. The lowest BCUT2D eigenvalue weighted by Gasteiger charge is -2.30. The molecule has 0 amide bonds. The molecule has 0 spiro atoms. The molecule has 1 heterocycles. The van der Waals surface area contributed by atoms with Crippen molar-refractivity contribution in [3.8, 4) is 0 Å². The molecule has 3 unspecified atom stereocenters. The topological polar surface area (TPSA) is 3.24 Å². The lowest BCUT2D eigenvalue weighted by molar-refractivity contribution is 0.201. The van der Waals surface area contributed by atoms with Crippen molar-refractivity contribution in [2.75, 3.05) is 25.0 Å². The lowest BCUT2D eigenvalue weighted by Crippen LogP contribution is -2.30. The maximum absolute atomic E-state index is 3.61. The van der Waals surface area contributed by atoms with E-state index in [1.54, 1.807) is 0 Å². The lowest BCUT2D eigenvalue weighted by atomic mass is 9.82. The summed E-state index contributed by atoms with van der Waals surface area (Å²) in [6, 6.07) is 0. The fraction of sp³-hybridized carbons (Fsp3) is 1.00. The minimum atomic E-state index is 0.922. The summed E-state index contributed by atoms with van der Waals surface area (Å²) >= 11 is 3.61. The predicted octanol–water partition coefficient (Wildman–Crippen LogP) is 3.53. The van der Waals surface area contributed by atoms with E-state index in [-0.39, 0.29) is 0 Å². The molecule has 3 atom stereocenters. The van der Waals surface area contributed by atoms with E-state index in [4.69, 9.17) is 0 Å². The number of hydrogen-bond acceptors (Lipinski definition) is 1. The third-order valence-corrected chi connectivity index (χ3v) is 5.07. The molecule has 2 fully saturated rings. The molecule has 2 aliphatic rings. The van der Waals surface area contributed by atoms with E-state index in [0.29, 0.717) is 0 Å². The Morgan fingerprint density at radius 1 is 1.20 bits per heavy atom. The van der Waals surface area contributed by atoms with Gasteiger partial charge in [-0.1, -0.05) is 35.7 Å². The molecule has 15 heavy (non-hydrogen) atoms. The summed E-state index contributed by atoms with van der Waals surface area (Å²) in [6.07, 6.45) is 7.32. The molecule has 0 radical (unpaired) electrons. The zero-order valence-corrected chi connectivity index (χ0v) is 11.5. The summed E-state index contributed by atoms with van der Waals surface area (Å²) in [4.78, 5) is 2.70. The molecule has 0 bridgehead atoms. The Bertz CT molecular complexity index is 195. The molecule has 1 nitrogen and oxygen atoms in total. The van der Waals surface area contributed by atoms with Crippen LogP contribution in [0.15, 0.2) is 0 Å². The Balaban J connectivity index is 1.72. The van der Waals surface area contributed by atoms with E-state index in [1.165, 1.54) is 57.1 Å². The van der Waals surface area contributed by atoms with Crippen LogP contribution in [0, 0.1) is 17.8 Å². The monoisotopic (exact) mass is 273 g/mol. The highest BCUT2D eigenvalue weighted by atomic mass is 79.9. The van der Waals surface area contributed by atoms with Crippen molar-refractivity contribution in [1.82, 2.24) is 4.90 Å². The van der Waals surface area contributed by atoms with Gasteiger partial charge >= 0.3 is 0 Å². The molecule has 88 valence electrons. The smallest absolute Gasteiger partial charge is 0.00723 e. The highest BCUT2D eigenvalue weighted by Crippen LogP contribution is 2.30. The van der Waals surface area contributed by atoms with Crippen molar-refractivity contribution in [2.45, 2.75) is 39.0 Å². The number of likely N-dealkylation sites (tertiary alicyclic amines) is 1. The van der Waals surface area contributed by atoms with Gasteiger partial charge in [0.15, 0.2) is 0 Å². The fourth-order valence-corrected chi connectivity index (χ4v) is 3.82. The van der Waals surface area contributed by atoms with E-state index in [1.807, 2.05) is 0 Å². The van der Waals surface area contributed by atoms with Gasteiger partial charge in [-0.05, 0) is 43.6 Å². The van der Waals surface area contributed by atoms with E-state index < -0.39 is 0 Å². The van der Waals surface area contributed by atoms with Gasteiger partial charge < -0.3 is 4.90 Å². The second kappa shape index (κ2) is 5.67. The zero-order chi connectivity index (χ0) is 10.7. The summed E-state index contributed by atoms with van der Waals surface area (Å²) < 4.78 is 0. The van der Waals surface area contributed by atoms with Gasteiger partial charge in [-0.3, -0.25) is 0 Å². The van der Waals surface area contributed by atoms with E-state index in [9.17, 15) is 0 Å². The van der Waals surface area contributed by atoms with Crippen LogP contribution in [0.4, 0.5) is 0 Å². The highest BCUT2D eigenvalue weighted by Gasteiger charge is 2.26. The van der Waals surface area contributed by atoms with Crippen molar-refractivity contribution in [3.05, 3.63) is 0 Å². The van der Waals surface area contributed by atoms with Gasteiger partial charge in [0.2, 0.25) is 0 Å². The highest BCUT2D eigenvalue weighted by molar-refractivity contribution is 9.09. The van der Waals surface area contributed by atoms with Gasteiger partial charge in [0.25, 0.3) is 0 Å². The number of halogens is 1. The zero-order valence-electron chi connectivity index (χ0n) is 9.92. The summed E-state index contributed by atoms with van der Waals surface area (Å²) in [5, 5.41) is 1.20. The molecule has 1 aliphatic heterocycles. The number of hydrogen-bond donors (Lipinski definition) is 0. The number of nitrogens with zero attached hydrogens (tertiary/aromatic N) is 1. The molecule has 0 N–H and O–H groups in total. The maximum atomic E-state index is 3.61. The van der Waals surface area contributed by atoms with Crippen LogP contribution in [0.1, 0.15) is 39.0 Å². The van der Waals surface area contributed by atoms with Gasteiger partial charge in [-0.15, -0.1) is 0 Å². The predicted molar refractivity (Wildman–Crippen MR) is 69.5 cm³/mol. The first-order valence-corrected chi connectivity index (χ1v) is 7.68. The van der Waals surface area contributed by atoms with Crippen LogP contribution in [-0.2, 0) is 0 Å². The normalized spacial score (nSPS) is 38.4. The van der Waals surface area contributed by atoms with Gasteiger partial charge in [-0.2, -0.15) is 0 Å². The second-order valence-electron chi connectivity index (χ2n) is 5.71. The van der Waals surface area contributed by atoms with Crippen molar-refractivity contribution >= 4 is 15.9 Å². The largest absolute Gasteiger partial charge is 0.303 e. The Labute approximate surface area is 103 Å². The van der Waals surface area contributed by atoms with Crippen LogP contribution < -0.4 is 0 Å². The Kier molecular flexibility index (Phi) is 4.51. The van der Waals surface area contributed by atoms with E-state index in [2.05, 4.69) is 27.8 Å². The average Bonchev–Trinajstić information content (AvgIpc) is 2.65. The quantitative estimate of drug-likeness (QED) is 0.712. The average molecular weight is 274 g/mol. The molecule has 2 rings (SSSR count). The first kappa shape index (κ1) is 11.9. The SMILES string of the molecule is CC1CCCC(CN2CCC(CBr)C2)C1. The summed E-state index contributed by atoms with van der Waals surface area (Å²) in [6.45, 7) is 6.50. The number of rotatable bonds is 3. The van der Waals surface area contributed by atoms with Gasteiger partial charge in [0, 0.05) is 18.4 Å². The van der Waals surface area contributed by atoms with E-state index in [0.717, 1.165) is 17.8 Å². The van der Waals surface area contributed by atoms with Crippen LogP contribution in [0.5, 0.6) is 0 Å². The van der Waals surface area contributed by atoms with Gasteiger partial charge in [-0.25, -0.2) is 0 Å². The van der Waals surface area contributed by atoms with Crippen molar-refractivity contribution in [3.63, 3.8) is 0 Å². The van der Waals surface area contributed by atoms with Crippen molar-refractivity contribution < 1.29 is 0 Å². The minimum absolute atomic E-state index is 0.922. The third-order valence-electron chi connectivity index (χ3n) is 4.15. The van der Waals surface area contributed by atoms with Crippen LogP contribution in [0.25, 0.3) is 0 Å². The molecular weight excluding hydrogens is 250 g/mol. The number of alkyl halides is 1. The molecule has 0 aromatic heterocycles. The molecule has 2 heteroatoms. The first-order valence-electron chi connectivity index (χ1n) is 6.56. The maximum Gasteiger partial charge on any atom is 0.00723 e. The van der Waals surface area contributed by atoms with Crippen molar-refractivity contribution in [2.24, 2.45) is 17.8 Å². The van der Waals surface area contributed by atoms with Crippen LogP contribution in [0.3, 0.4) is 0 Å². The molecule has 0 aromatic carbocycles. The molecule has 0 aromatic rings. The van der Waals surface area contributed by atoms with Crippen molar-refractivity contribution in [1.29, 1.82) is 0 Å². The summed E-state index contributed by atoms with van der Waals surface area (Å²) in [5.74, 6) is 2.91. The van der Waals surface area contributed by atoms with Crippen LogP contribution in [0.2, 0.25) is 0 Å². The standard InChI is InChI=1S/C13H24BrN/c1-11-3-2-4-12(7-11)9-15-6-5-13(8-14)10-15/h11-13H,2-10H2,1H3. The van der Waals surface area contributed by atoms with E-state index >= 15 is 0 Å². The Morgan fingerprint density at radius 2 is 2.07 bits per heavy atom. The van der Waals surface area contributed by atoms with Gasteiger partial charge in [0.05, 0.1) is 0 Å².